The second-order valence-electron chi connectivity index (χ2n) is 6.20. The van der Waals surface area contributed by atoms with E-state index in [1.54, 1.807) is 42.5 Å². The molecule has 3 rings (SSSR count). The Balaban J connectivity index is 1.89. The van der Waals surface area contributed by atoms with Crippen LogP contribution in [0.4, 0.5) is 4.39 Å². The van der Waals surface area contributed by atoms with E-state index in [4.69, 9.17) is 14.2 Å². The summed E-state index contributed by atoms with van der Waals surface area (Å²) in [4.78, 5) is 25.3. The predicted molar refractivity (Wildman–Crippen MR) is 111 cm³/mol. The van der Waals surface area contributed by atoms with Crippen LogP contribution in [0.25, 0.3) is 6.08 Å². The van der Waals surface area contributed by atoms with Crippen molar-refractivity contribution >= 4 is 17.8 Å². The first-order valence-corrected chi connectivity index (χ1v) is 9.03. The fourth-order valence-corrected chi connectivity index (χ4v) is 2.69. The molecule has 0 spiro atoms. The third kappa shape index (κ3) is 4.91. The number of hydrogen-bond donors (Lipinski definition) is 0. The minimum Gasteiger partial charge on any atom is -0.497 e. The SMILES string of the molecule is COc1cccc(C(=O)Oc2cc(OC)ccc2C(=O)/C=C/c2ccccc2F)c1. The van der Waals surface area contributed by atoms with Gasteiger partial charge in [0.05, 0.1) is 25.3 Å². The van der Waals surface area contributed by atoms with Gasteiger partial charge in [-0.05, 0) is 48.6 Å². The lowest BCUT2D eigenvalue weighted by Gasteiger charge is -2.11. The number of esters is 1. The summed E-state index contributed by atoms with van der Waals surface area (Å²) in [6, 6.07) is 17.1. The highest BCUT2D eigenvalue weighted by Crippen LogP contribution is 2.27. The lowest BCUT2D eigenvalue weighted by atomic mass is 10.1. The first-order chi connectivity index (χ1) is 14.5. The fraction of sp³-hybridized carbons (Fsp3) is 0.0833. The molecule has 0 N–H and O–H groups in total. The molecule has 3 aromatic carbocycles. The van der Waals surface area contributed by atoms with Crippen molar-refractivity contribution in [3.63, 3.8) is 0 Å². The van der Waals surface area contributed by atoms with Crippen molar-refractivity contribution in [2.75, 3.05) is 14.2 Å². The van der Waals surface area contributed by atoms with Crippen molar-refractivity contribution in [1.82, 2.24) is 0 Å². The average molecular weight is 406 g/mol. The molecule has 0 amide bonds. The topological polar surface area (TPSA) is 61.8 Å². The Morgan fingerprint density at radius 2 is 1.60 bits per heavy atom. The van der Waals surface area contributed by atoms with Crippen LogP contribution >= 0.6 is 0 Å². The molecule has 152 valence electrons. The van der Waals surface area contributed by atoms with Crippen LogP contribution in [0.5, 0.6) is 17.2 Å². The summed E-state index contributed by atoms with van der Waals surface area (Å²) in [6.45, 7) is 0. The van der Waals surface area contributed by atoms with Crippen LogP contribution in [0, 0.1) is 5.82 Å². The molecule has 0 saturated heterocycles. The van der Waals surface area contributed by atoms with E-state index in [-0.39, 0.29) is 22.4 Å². The maximum Gasteiger partial charge on any atom is 0.343 e. The maximum atomic E-state index is 13.8. The van der Waals surface area contributed by atoms with Gasteiger partial charge < -0.3 is 14.2 Å². The first kappa shape index (κ1) is 20.8. The third-order valence-electron chi connectivity index (χ3n) is 4.28. The van der Waals surface area contributed by atoms with E-state index in [9.17, 15) is 14.0 Å². The summed E-state index contributed by atoms with van der Waals surface area (Å²) in [5, 5.41) is 0. The van der Waals surface area contributed by atoms with Gasteiger partial charge in [-0.15, -0.1) is 0 Å². The van der Waals surface area contributed by atoms with E-state index in [2.05, 4.69) is 0 Å². The Hall–Kier alpha value is -3.93. The molecular weight excluding hydrogens is 387 g/mol. The number of halogens is 1. The normalized spacial score (nSPS) is 10.6. The summed E-state index contributed by atoms with van der Waals surface area (Å²) >= 11 is 0. The molecule has 0 saturated carbocycles. The smallest absolute Gasteiger partial charge is 0.343 e. The number of rotatable bonds is 7. The summed E-state index contributed by atoms with van der Waals surface area (Å²) in [7, 11) is 2.95. The molecule has 3 aromatic rings. The molecule has 0 heterocycles. The van der Waals surface area contributed by atoms with Crippen molar-refractivity contribution < 1.29 is 28.2 Å². The monoisotopic (exact) mass is 406 g/mol. The van der Waals surface area contributed by atoms with Crippen LogP contribution in [0.1, 0.15) is 26.3 Å². The minimum absolute atomic E-state index is 0.0327. The zero-order valence-corrected chi connectivity index (χ0v) is 16.4. The van der Waals surface area contributed by atoms with Crippen LogP contribution in [0.3, 0.4) is 0 Å². The molecule has 0 atom stereocenters. The number of carbonyl (C=O) groups excluding carboxylic acids is 2. The van der Waals surface area contributed by atoms with E-state index in [0.717, 1.165) is 0 Å². The number of ether oxygens (including phenoxy) is 3. The highest BCUT2D eigenvalue weighted by molar-refractivity contribution is 6.09. The standard InChI is InChI=1S/C24H19FO5/c1-28-18-8-5-7-17(14-18)24(27)30-23-15-19(29-2)11-12-20(23)22(26)13-10-16-6-3-4-9-21(16)25/h3-15H,1-2H3/b13-10+. The first-order valence-electron chi connectivity index (χ1n) is 9.03. The van der Waals surface area contributed by atoms with Crippen LogP contribution < -0.4 is 14.2 Å². The summed E-state index contributed by atoms with van der Waals surface area (Å²) in [5.74, 6) is -0.604. The Kier molecular flexibility index (Phi) is 6.60. The molecular formula is C24H19FO5. The van der Waals surface area contributed by atoms with E-state index < -0.39 is 17.6 Å². The lowest BCUT2D eigenvalue weighted by Crippen LogP contribution is -2.11. The van der Waals surface area contributed by atoms with Crippen molar-refractivity contribution in [2.45, 2.75) is 0 Å². The van der Waals surface area contributed by atoms with Gasteiger partial charge in [0.2, 0.25) is 0 Å². The molecule has 0 bridgehead atoms. The zero-order valence-electron chi connectivity index (χ0n) is 16.4. The lowest BCUT2D eigenvalue weighted by molar-refractivity contribution is 0.0732. The van der Waals surface area contributed by atoms with Gasteiger partial charge in [0.25, 0.3) is 0 Å². The molecule has 0 radical (unpaired) electrons. The molecule has 0 aromatic heterocycles. The van der Waals surface area contributed by atoms with Crippen molar-refractivity contribution in [3.8, 4) is 17.2 Å². The Bertz CT molecular complexity index is 1100. The van der Waals surface area contributed by atoms with Gasteiger partial charge in [-0.3, -0.25) is 4.79 Å². The van der Waals surface area contributed by atoms with Crippen LogP contribution in [-0.4, -0.2) is 26.0 Å². The highest BCUT2D eigenvalue weighted by atomic mass is 19.1. The summed E-state index contributed by atoms with van der Waals surface area (Å²) < 4.78 is 29.5. The maximum absolute atomic E-state index is 13.8. The molecule has 5 nitrogen and oxygen atoms in total. The number of ketones is 1. The molecule has 6 heteroatoms. The van der Waals surface area contributed by atoms with Gasteiger partial charge in [0.15, 0.2) is 5.78 Å². The average Bonchev–Trinajstić information content (AvgIpc) is 2.78. The molecule has 0 aliphatic rings. The number of benzene rings is 3. The third-order valence-corrected chi connectivity index (χ3v) is 4.28. The van der Waals surface area contributed by atoms with Crippen molar-refractivity contribution in [3.05, 3.63) is 95.3 Å². The van der Waals surface area contributed by atoms with Gasteiger partial charge in [0.1, 0.15) is 23.1 Å². The van der Waals surface area contributed by atoms with Crippen LogP contribution in [0.15, 0.2) is 72.8 Å². The summed E-state index contributed by atoms with van der Waals surface area (Å²) in [5.41, 5.74) is 0.673. The second kappa shape index (κ2) is 9.52. The fourth-order valence-electron chi connectivity index (χ4n) is 2.69. The van der Waals surface area contributed by atoms with Gasteiger partial charge >= 0.3 is 5.97 Å². The predicted octanol–water partition coefficient (Wildman–Crippen LogP) is 4.96. The second-order valence-corrected chi connectivity index (χ2v) is 6.20. The highest BCUT2D eigenvalue weighted by Gasteiger charge is 2.17. The van der Waals surface area contributed by atoms with Gasteiger partial charge in [-0.1, -0.05) is 24.3 Å². The number of carbonyl (C=O) groups is 2. The Labute approximate surface area is 173 Å². The van der Waals surface area contributed by atoms with E-state index in [1.165, 1.54) is 50.6 Å². The van der Waals surface area contributed by atoms with Crippen molar-refractivity contribution in [1.29, 1.82) is 0 Å². The van der Waals surface area contributed by atoms with Crippen LogP contribution in [0.2, 0.25) is 0 Å². The molecule has 0 aliphatic carbocycles. The van der Waals surface area contributed by atoms with Gasteiger partial charge in [0, 0.05) is 11.6 Å². The zero-order chi connectivity index (χ0) is 21.5. The largest absolute Gasteiger partial charge is 0.497 e. The summed E-state index contributed by atoms with van der Waals surface area (Å²) in [6.07, 6.45) is 2.60. The Morgan fingerprint density at radius 3 is 2.33 bits per heavy atom. The Morgan fingerprint density at radius 1 is 0.867 bits per heavy atom. The van der Waals surface area contributed by atoms with E-state index in [0.29, 0.717) is 11.5 Å². The van der Waals surface area contributed by atoms with Gasteiger partial charge in [-0.25, -0.2) is 9.18 Å². The van der Waals surface area contributed by atoms with E-state index in [1.807, 2.05) is 0 Å². The van der Waals surface area contributed by atoms with Gasteiger partial charge in [-0.2, -0.15) is 0 Å². The quantitative estimate of drug-likeness (QED) is 0.240. The molecule has 30 heavy (non-hydrogen) atoms. The minimum atomic E-state index is -0.658. The van der Waals surface area contributed by atoms with Crippen molar-refractivity contribution in [2.24, 2.45) is 0 Å². The molecule has 0 fully saturated rings. The number of allylic oxidation sites excluding steroid dienone is 1. The number of hydrogen-bond acceptors (Lipinski definition) is 5. The number of methoxy groups -OCH3 is 2. The van der Waals surface area contributed by atoms with Crippen LogP contribution in [-0.2, 0) is 0 Å². The molecule has 0 unspecified atom stereocenters. The van der Waals surface area contributed by atoms with E-state index >= 15 is 0 Å². The molecule has 0 aliphatic heterocycles.